The number of carbonyl (C=O) groups is 1. The van der Waals surface area contributed by atoms with Gasteiger partial charge in [-0.1, -0.05) is 0 Å². The lowest BCUT2D eigenvalue weighted by Crippen LogP contribution is -2.27. The number of aromatic nitrogens is 4. The number of aromatic amines is 1. The zero-order valence-electron chi connectivity index (χ0n) is 7.34. The van der Waals surface area contributed by atoms with Gasteiger partial charge < -0.3 is 10.3 Å². The molecule has 6 nitrogen and oxygen atoms in total. The number of H-pyrrole nitrogens is 1. The molecule has 0 aliphatic heterocycles. The minimum atomic E-state index is -0.223. The van der Waals surface area contributed by atoms with E-state index in [1.54, 1.807) is 24.8 Å². The van der Waals surface area contributed by atoms with Gasteiger partial charge in [0.2, 0.25) is 0 Å². The number of carbonyl (C=O) groups excluding carboxylic acids is 1. The molecule has 72 valence electrons. The summed E-state index contributed by atoms with van der Waals surface area (Å²) in [6.45, 7) is 0.379. The minimum absolute atomic E-state index is 0.223. The first-order chi connectivity index (χ1) is 6.86. The SMILES string of the molecule is O=C(NCc1ncc[nH]1)n1ccnc1. The molecule has 14 heavy (non-hydrogen) atoms. The van der Waals surface area contributed by atoms with Gasteiger partial charge in [0.05, 0.1) is 6.54 Å². The Hall–Kier alpha value is -2.11. The molecule has 6 heteroatoms. The highest BCUT2D eigenvalue weighted by atomic mass is 16.2. The van der Waals surface area contributed by atoms with E-state index >= 15 is 0 Å². The fourth-order valence-electron chi connectivity index (χ4n) is 1.02. The number of rotatable bonds is 2. The Kier molecular flexibility index (Phi) is 2.26. The van der Waals surface area contributed by atoms with Crippen molar-refractivity contribution in [1.82, 2.24) is 24.8 Å². The molecular formula is C8H9N5O. The number of amides is 1. The number of imidazole rings is 2. The van der Waals surface area contributed by atoms with Crippen LogP contribution in [0.3, 0.4) is 0 Å². The second-order valence-corrected chi connectivity index (χ2v) is 2.66. The largest absolute Gasteiger partial charge is 0.347 e. The number of nitrogens with one attached hydrogen (secondary N) is 2. The molecule has 0 saturated carbocycles. The molecule has 0 atom stereocenters. The smallest absolute Gasteiger partial charge is 0.327 e. The van der Waals surface area contributed by atoms with Crippen LogP contribution in [0.5, 0.6) is 0 Å². The molecule has 2 N–H and O–H groups in total. The Labute approximate surface area is 80.0 Å². The third-order valence-corrected chi connectivity index (χ3v) is 1.70. The molecule has 2 aromatic heterocycles. The van der Waals surface area contributed by atoms with Crippen molar-refractivity contribution < 1.29 is 4.79 Å². The van der Waals surface area contributed by atoms with E-state index in [0.29, 0.717) is 6.54 Å². The van der Waals surface area contributed by atoms with E-state index < -0.39 is 0 Å². The van der Waals surface area contributed by atoms with Crippen molar-refractivity contribution in [2.45, 2.75) is 6.54 Å². The standard InChI is InChI=1S/C8H9N5O/c14-8(13-4-3-9-6-13)12-5-7-10-1-2-11-7/h1-4,6H,5H2,(H,10,11)(H,12,14). The third-order valence-electron chi connectivity index (χ3n) is 1.70. The van der Waals surface area contributed by atoms with Crippen LogP contribution in [-0.2, 0) is 6.54 Å². The highest BCUT2D eigenvalue weighted by Crippen LogP contribution is 1.89. The minimum Gasteiger partial charge on any atom is -0.347 e. The third kappa shape index (κ3) is 1.79. The summed E-state index contributed by atoms with van der Waals surface area (Å²) in [4.78, 5) is 22.0. The van der Waals surface area contributed by atoms with Crippen LogP contribution >= 0.6 is 0 Å². The van der Waals surface area contributed by atoms with E-state index in [0.717, 1.165) is 5.82 Å². The Morgan fingerprint density at radius 2 is 2.50 bits per heavy atom. The van der Waals surface area contributed by atoms with Crippen LogP contribution in [-0.4, -0.2) is 25.6 Å². The Bertz CT molecular complexity index is 391. The number of hydrogen-bond donors (Lipinski definition) is 2. The zero-order chi connectivity index (χ0) is 9.80. The predicted octanol–water partition coefficient (Wildman–Crippen LogP) is 0.364. The molecule has 0 saturated heterocycles. The lowest BCUT2D eigenvalue weighted by molar-refractivity contribution is 0.241. The summed E-state index contributed by atoms with van der Waals surface area (Å²) in [5.41, 5.74) is 0. The zero-order valence-corrected chi connectivity index (χ0v) is 7.34. The average molecular weight is 191 g/mol. The van der Waals surface area contributed by atoms with Gasteiger partial charge in [-0.15, -0.1) is 0 Å². The van der Waals surface area contributed by atoms with Gasteiger partial charge in [0.15, 0.2) is 0 Å². The van der Waals surface area contributed by atoms with Gasteiger partial charge in [-0.05, 0) is 0 Å². The van der Waals surface area contributed by atoms with Gasteiger partial charge >= 0.3 is 6.03 Å². The number of hydrogen-bond acceptors (Lipinski definition) is 3. The fourth-order valence-corrected chi connectivity index (χ4v) is 1.02. The van der Waals surface area contributed by atoms with Crippen LogP contribution in [0.15, 0.2) is 31.1 Å². The highest BCUT2D eigenvalue weighted by Gasteiger charge is 2.02. The van der Waals surface area contributed by atoms with Crippen molar-refractivity contribution in [3.63, 3.8) is 0 Å². The summed E-state index contributed by atoms with van der Waals surface area (Å²) >= 11 is 0. The molecule has 0 spiro atoms. The van der Waals surface area contributed by atoms with Gasteiger partial charge in [-0.3, -0.25) is 4.57 Å². The Balaban J connectivity index is 1.90. The van der Waals surface area contributed by atoms with Crippen LogP contribution in [0.25, 0.3) is 0 Å². The monoisotopic (exact) mass is 191 g/mol. The van der Waals surface area contributed by atoms with E-state index in [1.165, 1.54) is 10.9 Å². The van der Waals surface area contributed by atoms with Crippen LogP contribution in [0.4, 0.5) is 4.79 Å². The molecule has 0 aromatic carbocycles. The molecule has 0 aliphatic carbocycles. The van der Waals surface area contributed by atoms with Crippen molar-refractivity contribution in [2.24, 2.45) is 0 Å². The summed E-state index contributed by atoms with van der Waals surface area (Å²) in [5, 5.41) is 2.68. The predicted molar refractivity (Wildman–Crippen MR) is 48.4 cm³/mol. The van der Waals surface area contributed by atoms with Crippen molar-refractivity contribution in [2.75, 3.05) is 0 Å². The van der Waals surface area contributed by atoms with Gasteiger partial charge in [0.1, 0.15) is 12.2 Å². The van der Waals surface area contributed by atoms with Crippen LogP contribution in [0.2, 0.25) is 0 Å². The van der Waals surface area contributed by atoms with Crippen molar-refractivity contribution >= 4 is 6.03 Å². The normalized spacial score (nSPS) is 10.0. The van der Waals surface area contributed by atoms with E-state index in [2.05, 4.69) is 20.3 Å². The lowest BCUT2D eigenvalue weighted by atomic mass is 10.6. The van der Waals surface area contributed by atoms with Crippen LogP contribution in [0, 0.1) is 0 Å². The maximum Gasteiger partial charge on any atom is 0.327 e. The van der Waals surface area contributed by atoms with Crippen molar-refractivity contribution in [3.05, 3.63) is 36.9 Å². The first-order valence-electron chi connectivity index (χ1n) is 4.10. The first-order valence-corrected chi connectivity index (χ1v) is 4.10. The molecule has 2 rings (SSSR count). The summed E-state index contributed by atoms with van der Waals surface area (Å²) in [6.07, 6.45) is 7.92. The molecule has 1 amide bonds. The summed E-state index contributed by atoms with van der Waals surface area (Å²) in [5.74, 6) is 0.721. The molecule has 0 aliphatic rings. The molecule has 0 bridgehead atoms. The summed E-state index contributed by atoms with van der Waals surface area (Å²) in [6, 6.07) is -0.223. The molecule has 0 unspecified atom stereocenters. The molecular weight excluding hydrogens is 182 g/mol. The van der Waals surface area contributed by atoms with Gasteiger partial charge in [-0.2, -0.15) is 0 Å². The molecule has 2 heterocycles. The summed E-state index contributed by atoms with van der Waals surface area (Å²) in [7, 11) is 0. The second-order valence-electron chi connectivity index (χ2n) is 2.66. The van der Waals surface area contributed by atoms with Crippen LogP contribution in [0.1, 0.15) is 5.82 Å². The van der Waals surface area contributed by atoms with Gasteiger partial charge in [-0.25, -0.2) is 14.8 Å². The van der Waals surface area contributed by atoms with Gasteiger partial charge in [0.25, 0.3) is 0 Å². The van der Waals surface area contributed by atoms with E-state index in [1.807, 2.05) is 0 Å². The van der Waals surface area contributed by atoms with Crippen molar-refractivity contribution in [1.29, 1.82) is 0 Å². The fraction of sp³-hybridized carbons (Fsp3) is 0.125. The quantitative estimate of drug-likeness (QED) is 0.719. The first kappa shape index (κ1) is 8.49. The van der Waals surface area contributed by atoms with Crippen LogP contribution < -0.4 is 5.32 Å². The van der Waals surface area contributed by atoms with Gasteiger partial charge in [0, 0.05) is 24.8 Å². The van der Waals surface area contributed by atoms with E-state index in [9.17, 15) is 4.79 Å². The average Bonchev–Trinajstić information content (AvgIpc) is 2.87. The summed E-state index contributed by atoms with van der Waals surface area (Å²) < 4.78 is 1.36. The highest BCUT2D eigenvalue weighted by molar-refractivity contribution is 5.76. The molecule has 2 aromatic rings. The number of nitrogens with zero attached hydrogens (tertiary/aromatic N) is 3. The molecule has 0 radical (unpaired) electrons. The Morgan fingerprint density at radius 1 is 1.57 bits per heavy atom. The topological polar surface area (TPSA) is 75.6 Å². The van der Waals surface area contributed by atoms with Crippen molar-refractivity contribution in [3.8, 4) is 0 Å². The second kappa shape index (κ2) is 3.73. The molecule has 0 fully saturated rings. The van der Waals surface area contributed by atoms with E-state index in [-0.39, 0.29) is 6.03 Å². The maximum absolute atomic E-state index is 11.4. The Morgan fingerprint density at radius 3 is 3.14 bits per heavy atom. The maximum atomic E-state index is 11.4. The van der Waals surface area contributed by atoms with E-state index in [4.69, 9.17) is 0 Å². The lowest BCUT2D eigenvalue weighted by Gasteiger charge is -2.02.